The number of aromatic nitrogens is 5. The Balaban J connectivity index is 0.000000170. The van der Waals surface area contributed by atoms with Gasteiger partial charge < -0.3 is 10.3 Å². The molecule has 1 saturated carbocycles. The lowest BCUT2D eigenvalue weighted by Crippen LogP contribution is -2.26. The van der Waals surface area contributed by atoms with Crippen LogP contribution in [-0.4, -0.2) is 36.8 Å². The molecule has 1 amide bonds. The normalized spacial score (nSPS) is 17.9. The number of carbonyl (C=O) groups is 1. The van der Waals surface area contributed by atoms with Crippen molar-refractivity contribution in [3.8, 4) is 11.3 Å². The molecule has 0 radical (unpaired) electrons. The molecule has 154 valence electrons. The molecule has 0 saturated heterocycles. The van der Waals surface area contributed by atoms with Crippen LogP contribution in [0, 0.1) is 11.8 Å². The van der Waals surface area contributed by atoms with E-state index in [1.807, 2.05) is 13.2 Å². The van der Waals surface area contributed by atoms with Crippen LogP contribution >= 0.6 is 0 Å². The molecule has 0 aromatic carbocycles. The summed E-state index contributed by atoms with van der Waals surface area (Å²) in [6, 6.07) is 1.67. The Bertz CT molecular complexity index is 1030. The molecule has 0 aliphatic heterocycles. The smallest absolute Gasteiger partial charge is 0.274 e. The number of rotatable bonds is 6. The highest BCUT2D eigenvalue weighted by Gasteiger charge is 2.25. The van der Waals surface area contributed by atoms with Gasteiger partial charge in [0.1, 0.15) is 5.52 Å². The highest BCUT2D eigenvalue weighted by molar-refractivity contribution is 5.86. The highest BCUT2D eigenvalue weighted by atomic mass is 16.1. The van der Waals surface area contributed by atoms with E-state index in [0.29, 0.717) is 11.2 Å². The summed E-state index contributed by atoms with van der Waals surface area (Å²) in [6.07, 6.45) is 13.4. The van der Waals surface area contributed by atoms with Gasteiger partial charge in [-0.05, 0) is 43.2 Å². The number of nitrogens with one attached hydrogen (secondary N) is 2. The van der Waals surface area contributed by atoms with Gasteiger partial charge in [0.25, 0.3) is 5.56 Å². The zero-order valence-corrected chi connectivity index (χ0v) is 17.0. The predicted octanol–water partition coefficient (Wildman–Crippen LogP) is 2.54. The van der Waals surface area contributed by atoms with Crippen molar-refractivity contribution in [3.63, 3.8) is 0 Å². The Morgan fingerprint density at radius 2 is 2.21 bits per heavy atom. The molecule has 1 aliphatic rings. The average Bonchev–Trinajstić information content (AvgIpc) is 3.36. The first-order valence-electron chi connectivity index (χ1n) is 9.94. The zero-order valence-electron chi connectivity index (χ0n) is 17.0. The van der Waals surface area contributed by atoms with Crippen molar-refractivity contribution in [2.75, 3.05) is 6.54 Å². The van der Waals surface area contributed by atoms with E-state index in [1.54, 1.807) is 33.9 Å². The summed E-state index contributed by atoms with van der Waals surface area (Å²) in [7, 11) is 1.83. The van der Waals surface area contributed by atoms with Crippen molar-refractivity contribution in [1.82, 2.24) is 29.7 Å². The van der Waals surface area contributed by atoms with Crippen LogP contribution in [0.2, 0.25) is 0 Å². The number of H-pyrrole nitrogens is 1. The largest absolute Gasteiger partial charge is 0.353 e. The Labute approximate surface area is 169 Å². The molecule has 2 atom stereocenters. The molecule has 2 N–H and O–H groups in total. The minimum atomic E-state index is -0.154. The average molecular weight is 396 g/mol. The van der Waals surface area contributed by atoms with Crippen molar-refractivity contribution in [2.45, 2.75) is 32.6 Å². The predicted molar refractivity (Wildman–Crippen MR) is 112 cm³/mol. The second-order valence-electron chi connectivity index (χ2n) is 7.51. The minimum Gasteiger partial charge on any atom is -0.353 e. The van der Waals surface area contributed by atoms with E-state index >= 15 is 0 Å². The monoisotopic (exact) mass is 396 g/mol. The quantitative estimate of drug-likeness (QED) is 0.494. The van der Waals surface area contributed by atoms with Crippen LogP contribution in [-0.2, 0) is 11.8 Å². The van der Waals surface area contributed by atoms with Crippen molar-refractivity contribution in [1.29, 1.82) is 0 Å². The van der Waals surface area contributed by atoms with E-state index in [1.165, 1.54) is 25.3 Å². The summed E-state index contributed by atoms with van der Waals surface area (Å²) >= 11 is 0. The summed E-state index contributed by atoms with van der Waals surface area (Å²) in [5, 5.41) is 10.9. The molecule has 0 unspecified atom stereocenters. The first-order valence-corrected chi connectivity index (χ1v) is 9.94. The molecule has 4 rings (SSSR count). The maximum Gasteiger partial charge on any atom is 0.274 e. The Kier molecular flexibility index (Phi) is 6.64. The Hall–Kier alpha value is -3.16. The van der Waals surface area contributed by atoms with E-state index in [9.17, 15) is 9.59 Å². The van der Waals surface area contributed by atoms with Crippen LogP contribution in [0.5, 0.6) is 0 Å². The van der Waals surface area contributed by atoms with Gasteiger partial charge in [-0.15, -0.1) is 0 Å². The van der Waals surface area contributed by atoms with Gasteiger partial charge in [0, 0.05) is 25.4 Å². The first kappa shape index (κ1) is 20.6. The number of carbonyl (C=O) groups excluding carboxylic acids is 1. The standard InChI is InChI=1S/C11H19NO.C10H9N5O/c1-3-11(13)12-8-4-5-10-7-6-9(10)2;1-14-5-7(4-12-14)8-6-15-9(2-3-11-15)10(16)13-8/h3,9-10H,1,4-8H2,2H3,(H,12,13);2-6H,1H3,(H,13,16)/t9-,10-;/m0./s1. The topological polar surface area (TPSA) is 97.1 Å². The van der Waals surface area contributed by atoms with Crippen LogP contribution in [0.25, 0.3) is 16.8 Å². The van der Waals surface area contributed by atoms with Gasteiger partial charge in [-0.2, -0.15) is 10.2 Å². The fourth-order valence-corrected chi connectivity index (χ4v) is 3.46. The lowest BCUT2D eigenvalue weighted by atomic mass is 9.73. The second kappa shape index (κ2) is 9.36. The van der Waals surface area contributed by atoms with E-state index in [2.05, 4.69) is 34.0 Å². The van der Waals surface area contributed by atoms with Crippen LogP contribution in [0.4, 0.5) is 0 Å². The maximum atomic E-state index is 11.7. The van der Waals surface area contributed by atoms with Gasteiger partial charge in [0.05, 0.1) is 24.3 Å². The SMILES string of the molecule is C=CC(=O)NCCC[C@H]1CC[C@@H]1C.Cn1cc(-c2cn3nccc3c(=O)[nH]2)cn1. The number of hydrogen-bond donors (Lipinski definition) is 2. The molecule has 29 heavy (non-hydrogen) atoms. The van der Waals surface area contributed by atoms with Crippen LogP contribution in [0.3, 0.4) is 0 Å². The Morgan fingerprint density at radius 1 is 1.38 bits per heavy atom. The molecular weight excluding hydrogens is 368 g/mol. The molecule has 1 aliphatic carbocycles. The number of aromatic amines is 1. The van der Waals surface area contributed by atoms with Crippen molar-refractivity contribution in [3.05, 3.63) is 53.9 Å². The van der Waals surface area contributed by atoms with Gasteiger partial charge in [-0.25, -0.2) is 4.52 Å². The summed E-state index contributed by atoms with van der Waals surface area (Å²) in [6.45, 7) is 6.52. The van der Waals surface area contributed by atoms with Crippen molar-refractivity contribution < 1.29 is 4.79 Å². The highest BCUT2D eigenvalue weighted by Crippen LogP contribution is 2.36. The van der Waals surface area contributed by atoms with Crippen LogP contribution in [0.15, 0.2) is 48.3 Å². The molecule has 0 bridgehead atoms. The van der Waals surface area contributed by atoms with Gasteiger partial charge in [0.15, 0.2) is 0 Å². The van der Waals surface area contributed by atoms with Crippen molar-refractivity contribution >= 4 is 11.4 Å². The second-order valence-corrected chi connectivity index (χ2v) is 7.51. The number of nitrogens with zero attached hydrogens (tertiary/aromatic N) is 4. The van der Waals surface area contributed by atoms with E-state index in [-0.39, 0.29) is 11.5 Å². The van der Waals surface area contributed by atoms with Gasteiger partial charge in [0.2, 0.25) is 5.91 Å². The number of amides is 1. The molecular formula is C21H28N6O2. The van der Waals surface area contributed by atoms with Crippen LogP contribution < -0.4 is 10.9 Å². The third kappa shape index (κ3) is 5.22. The summed E-state index contributed by atoms with van der Waals surface area (Å²) in [4.78, 5) is 25.3. The minimum absolute atomic E-state index is 0.0540. The summed E-state index contributed by atoms with van der Waals surface area (Å²) in [5.41, 5.74) is 1.94. The van der Waals surface area contributed by atoms with Crippen molar-refractivity contribution in [2.24, 2.45) is 18.9 Å². The summed E-state index contributed by atoms with van der Waals surface area (Å²) in [5.74, 6) is 1.78. The molecule has 3 aromatic rings. The lowest BCUT2D eigenvalue weighted by molar-refractivity contribution is -0.116. The first-order chi connectivity index (χ1) is 14.0. The zero-order chi connectivity index (χ0) is 20.8. The fourth-order valence-electron chi connectivity index (χ4n) is 3.46. The molecule has 8 nitrogen and oxygen atoms in total. The number of fused-ring (bicyclic) bond motifs is 1. The molecule has 3 heterocycles. The molecule has 0 spiro atoms. The summed E-state index contributed by atoms with van der Waals surface area (Å²) < 4.78 is 3.24. The van der Waals surface area contributed by atoms with E-state index in [4.69, 9.17) is 0 Å². The van der Waals surface area contributed by atoms with E-state index in [0.717, 1.165) is 30.4 Å². The van der Waals surface area contributed by atoms with Crippen LogP contribution in [0.1, 0.15) is 32.6 Å². The third-order valence-electron chi connectivity index (χ3n) is 5.45. The Morgan fingerprint density at radius 3 is 2.83 bits per heavy atom. The molecule has 1 fully saturated rings. The third-order valence-corrected chi connectivity index (χ3v) is 5.45. The van der Waals surface area contributed by atoms with Gasteiger partial charge in [-0.1, -0.05) is 19.9 Å². The lowest BCUT2D eigenvalue weighted by Gasteiger charge is -2.33. The van der Waals surface area contributed by atoms with E-state index < -0.39 is 0 Å². The number of hydrogen-bond acceptors (Lipinski definition) is 4. The fraction of sp³-hybridized carbons (Fsp3) is 0.429. The maximum absolute atomic E-state index is 11.7. The van der Waals surface area contributed by atoms with Gasteiger partial charge in [-0.3, -0.25) is 14.3 Å². The number of aryl methyl sites for hydroxylation is 1. The molecule has 3 aromatic heterocycles. The van der Waals surface area contributed by atoms with Gasteiger partial charge >= 0.3 is 0 Å². The molecule has 8 heteroatoms.